The predicted molar refractivity (Wildman–Crippen MR) is 105 cm³/mol. The molecule has 0 unspecified atom stereocenters. The van der Waals surface area contributed by atoms with Crippen molar-refractivity contribution in [1.82, 2.24) is 10.2 Å². The Kier molecular flexibility index (Phi) is 6.71. The molecule has 1 aromatic heterocycles. The van der Waals surface area contributed by atoms with E-state index < -0.39 is 0 Å². The smallest absolute Gasteiger partial charge is 0.320 e. The molecule has 0 bridgehead atoms. The number of thioether (sulfide) groups is 1. The molecule has 0 aliphatic carbocycles. The number of nitrogens with zero attached hydrogens (tertiary/aromatic N) is 1. The first-order chi connectivity index (χ1) is 12.7. The molecule has 7 heteroatoms. The summed E-state index contributed by atoms with van der Waals surface area (Å²) in [6.45, 7) is 1.30. The van der Waals surface area contributed by atoms with Crippen LogP contribution in [-0.2, 0) is 14.3 Å². The quantitative estimate of drug-likeness (QED) is 0.768. The van der Waals surface area contributed by atoms with E-state index in [0.717, 1.165) is 11.3 Å². The van der Waals surface area contributed by atoms with Crippen LogP contribution < -0.4 is 5.32 Å². The summed E-state index contributed by atoms with van der Waals surface area (Å²) in [5.74, 6) is 0.497. The highest BCUT2D eigenvalue weighted by Gasteiger charge is 2.29. The van der Waals surface area contributed by atoms with Crippen molar-refractivity contribution in [2.75, 3.05) is 32.5 Å². The zero-order chi connectivity index (χ0) is 18.4. The topological polar surface area (TPSA) is 58.6 Å². The van der Waals surface area contributed by atoms with Gasteiger partial charge >= 0.3 is 5.97 Å². The van der Waals surface area contributed by atoms with Gasteiger partial charge < -0.3 is 9.64 Å². The van der Waals surface area contributed by atoms with E-state index in [1.807, 2.05) is 29.6 Å². The number of carbonyl (C=O) groups excluding carboxylic acids is 2. The molecule has 5 nitrogen and oxygen atoms in total. The lowest BCUT2D eigenvalue weighted by Gasteiger charge is -2.31. The lowest BCUT2D eigenvalue weighted by molar-refractivity contribution is -0.141. The van der Waals surface area contributed by atoms with Gasteiger partial charge in [-0.25, -0.2) is 0 Å². The molecule has 2 heterocycles. The number of rotatable bonds is 6. The van der Waals surface area contributed by atoms with Crippen LogP contribution in [-0.4, -0.2) is 54.5 Å². The minimum atomic E-state index is -0.292. The van der Waals surface area contributed by atoms with Gasteiger partial charge in [-0.05, 0) is 17.0 Å². The Bertz CT molecular complexity index is 722. The van der Waals surface area contributed by atoms with Gasteiger partial charge in [0.2, 0.25) is 5.91 Å². The van der Waals surface area contributed by atoms with Crippen molar-refractivity contribution in [2.45, 2.75) is 11.3 Å². The monoisotopic (exact) mass is 390 g/mol. The normalized spacial score (nSPS) is 18.3. The van der Waals surface area contributed by atoms with E-state index >= 15 is 0 Å². The summed E-state index contributed by atoms with van der Waals surface area (Å²) in [6, 6.07) is 14.2. The number of hydrogen-bond acceptors (Lipinski definition) is 6. The molecule has 0 radical (unpaired) electrons. The number of esters is 1. The number of carbonyl (C=O) groups is 2. The van der Waals surface area contributed by atoms with E-state index in [1.54, 1.807) is 28.0 Å². The predicted octanol–water partition coefficient (Wildman–Crippen LogP) is 2.54. The lowest BCUT2D eigenvalue weighted by atomic mass is 10.1. The van der Waals surface area contributed by atoms with Gasteiger partial charge in [0.1, 0.15) is 5.25 Å². The molecule has 1 aromatic carbocycles. The molecular weight excluding hydrogens is 368 g/mol. The average molecular weight is 391 g/mol. The van der Waals surface area contributed by atoms with E-state index in [2.05, 4.69) is 23.5 Å². The molecular formula is C19H22N2O3S2. The molecule has 2 atom stereocenters. The SMILES string of the molecule is COC(=O)[C@@H]1CN(C(=O)CN[C@@H](c2ccccc2)c2cccs2)CCS1. The summed E-state index contributed by atoms with van der Waals surface area (Å²) < 4.78 is 4.81. The third kappa shape index (κ3) is 4.66. The van der Waals surface area contributed by atoms with E-state index in [4.69, 9.17) is 4.74 Å². The maximum atomic E-state index is 12.7. The molecule has 26 heavy (non-hydrogen) atoms. The molecule has 1 fully saturated rings. The fourth-order valence-electron chi connectivity index (χ4n) is 2.93. The minimum Gasteiger partial charge on any atom is -0.468 e. The standard InChI is InChI=1S/C19H22N2O3S2/c1-24-19(23)16-13-21(9-11-26-16)17(22)12-20-18(15-8-5-10-25-15)14-6-3-2-4-7-14/h2-8,10,16,18,20H,9,11-13H2,1H3/t16-,18-/m0/s1. The first kappa shape index (κ1) is 18.9. The maximum Gasteiger partial charge on any atom is 0.320 e. The van der Waals surface area contributed by atoms with Crippen LogP contribution in [0.25, 0.3) is 0 Å². The van der Waals surface area contributed by atoms with Crippen molar-refractivity contribution in [3.8, 4) is 0 Å². The van der Waals surface area contributed by atoms with Crippen LogP contribution in [0.4, 0.5) is 0 Å². The summed E-state index contributed by atoms with van der Waals surface area (Å²) in [6.07, 6.45) is 0. The van der Waals surface area contributed by atoms with Crippen molar-refractivity contribution in [3.05, 3.63) is 58.3 Å². The molecule has 1 aliphatic rings. The molecule has 138 valence electrons. The number of amides is 1. The van der Waals surface area contributed by atoms with Crippen LogP contribution in [0.5, 0.6) is 0 Å². The number of benzene rings is 1. The second-order valence-corrected chi connectivity index (χ2v) is 8.25. The fourth-order valence-corrected chi connectivity index (χ4v) is 4.89. The zero-order valence-electron chi connectivity index (χ0n) is 14.6. The molecule has 2 aromatic rings. The Morgan fingerprint density at radius 2 is 2.08 bits per heavy atom. The number of methoxy groups -OCH3 is 1. The summed E-state index contributed by atoms with van der Waals surface area (Å²) in [7, 11) is 1.39. The Balaban J connectivity index is 1.64. The summed E-state index contributed by atoms with van der Waals surface area (Å²) in [4.78, 5) is 27.3. The molecule has 1 N–H and O–H groups in total. The first-order valence-corrected chi connectivity index (χ1v) is 10.4. The van der Waals surface area contributed by atoms with Crippen molar-refractivity contribution < 1.29 is 14.3 Å². The van der Waals surface area contributed by atoms with Gasteiger partial charge in [-0.2, -0.15) is 0 Å². The third-order valence-electron chi connectivity index (χ3n) is 4.30. The highest BCUT2D eigenvalue weighted by Crippen LogP contribution is 2.26. The summed E-state index contributed by atoms with van der Waals surface area (Å²) in [5, 5.41) is 5.14. The highest BCUT2D eigenvalue weighted by atomic mass is 32.2. The molecule has 1 saturated heterocycles. The van der Waals surface area contributed by atoms with E-state index in [-0.39, 0.29) is 29.7 Å². The van der Waals surface area contributed by atoms with Gasteiger partial charge in [0, 0.05) is 23.7 Å². The molecule has 3 rings (SSSR count). The Morgan fingerprint density at radius 3 is 2.77 bits per heavy atom. The molecule has 1 aliphatic heterocycles. The van der Waals surface area contributed by atoms with Crippen LogP contribution in [0.1, 0.15) is 16.5 Å². The van der Waals surface area contributed by atoms with Crippen LogP contribution in [0.3, 0.4) is 0 Å². The fraction of sp³-hybridized carbons (Fsp3) is 0.368. The van der Waals surface area contributed by atoms with Gasteiger partial charge in [-0.1, -0.05) is 36.4 Å². The van der Waals surface area contributed by atoms with E-state index in [1.165, 1.54) is 12.0 Å². The third-order valence-corrected chi connectivity index (χ3v) is 6.40. The average Bonchev–Trinajstić information content (AvgIpc) is 3.23. The van der Waals surface area contributed by atoms with Gasteiger partial charge in [0.25, 0.3) is 0 Å². The Morgan fingerprint density at radius 1 is 1.27 bits per heavy atom. The largest absolute Gasteiger partial charge is 0.468 e. The van der Waals surface area contributed by atoms with E-state index in [0.29, 0.717) is 13.1 Å². The second-order valence-electron chi connectivity index (χ2n) is 5.96. The molecule has 1 amide bonds. The van der Waals surface area contributed by atoms with Crippen molar-refractivity contribution >= 4 is 35.0 Å². The summed E-state index contributed by atoms with van der Waals surface area (Å²) >= 11 is 3.22. The highest BCUT2D eigenvalue weighted by molar-refractivity contribution is 8.00. The molecule has 0 spiro atoms. The van der Waals surface area contributed by atoms with E-state index in [9.17, 15) is 9.59 Å². The Labute approximate surface area is 161 Å². The minimum absolute atomic E-state index is 0.0108. The molecule has 0 saturated carbocycles. The van der Waals surface area contributed by atoms with Crippen LogP contribution in [0, 0.1) is 0 Å². The van der Waals surface area contributed by atoms with Gasteiger partial charge in [0.05, 0.1) is 19.7 Å². The second kappa shape index (κ2) is 9.21. The van der Waals surface area contributed by atoms with Crippen molar-refractivity contribution in [3.63, 3.8) is 0 Å². The zero-order valence-corrected chi connectivity index (χ0v) is 16.2. The number of thiophene rings is 1. The number of nitrogens with one attached hydrogen (secondary N) is 1. The van der Waals surface area contributed by atoms with Crippen LogP contribution in [0.2, 0.25) is 0 Å². The van der Waals surface area contributed by atoms with Gasteiger partial charge in [0.15, 0.2) is 0 Å². The summed E-state index contributed by atoms with van der Waals surface area (Å²) in [5.41, 5.74) is 1.13. The number of hydrogen-bond donors (Lipinski definition) is 1. The lowest BCUT2D eigenvalue weighted by Crippen LogP contribution is -2.48. The van der Waals surface area contributed by atoms with Crippen molar-refractivity contribution in [1.29, 1.82) is 0 Å². The number of ether oxygens (including phenoxy) is 1. The Hall–Kier alpha value is -1.83. The van der Waals surface area contributed by atoms with Crippen LogP contribution in [0.15, 0.2) is 47.8 Å². The van der Waals surface area contributed by atoms with Gasteiger partial charge in [-0.15, -0.1) is 23.1 Å². The van der Waals surface area contributed by atoms with Crippen LogP contribution >= 0.6 is 23.1 Å². The van der Waals surface area contributed by atoms with Gasteiger partial charge in [-0.3, -0.25) is 14.9 Å². The first-order valence-electron chi connectivity index (χ1n) is 8.48. The van der Waals surface area contributed by atoms with Crippen molar-refractivity contribution in [2.24, 2.45) is 0 Å². The maximum absolute atomic E-state index is 12.7.